The van der Waals surface area contributed by atoms with Gasteiger partial charge in [0.25, 0.3) is 0 Å². The molecule has 7 heteroatoms. The molecular weight excluding hydrogens is 384 g/mol. The average molecular weight is 407 g/mol. The molecule has 6 nitrogen and oxygen atoms in total. The molecule has 0 unspecified atom stereocenters. The number of likely N-dealkylation sites (tertiary alicyclic amines) is 1. The standard InChI is InChI=1S/C18H23BrN4O2/c1-18(2,3)25-17(24)22-10-4-5-14(22)16-21-11-15(23(16)20)12-6-8-13(19)9-7-12/h6-9,11,14H,4-5,10,20H2,1-3H3/t14-/m0/s1. The second-order valence-electron chi connectivity index (χ2n) is 7.21. The first-order valence-electron chi connectivity index (χ1n) is 8.34. The molecule has 1 fully saturated rings. The Morgan fingerprint density at radius 3 is 2.64 bits per heavy atom. The minimum absolute atomic E-state index is 0.163. The van der Waals surface area contributed by atoms with Crippen LogP contribution in [0.2, 0.25) is 0 Å². The molecule has 1 amide bonds. The molecule has 2 heterocycles. The second kappa shape index (κ2) is 6.71. The van der Waals surface area contributed by atoms with Crippen molar-refractivity contribution in [2.75, 3.05) is 12.4 Å². The van der Waals surface area contributed by atoms with Gasteiger partial charge in [0.1, 0.15) is 11.4 Å². The number of nitrogens with zero attached hydrogens (tertiary/aromatic N) is 3. The molecule has 1 saturated heterocycles. The predicted octanol–water partition coefficient (Wildman–Crippen LogP) is 4.10. The zero-order valence-electron chi connectivity index (χ0n) is 14.7. The fraction of sp³-hybridized carbons (Fsp3) is 0.444. The number of imidazole rings is 1. The lowest BCUT2D eigenvalue weighted by Crippen LogP contribution is -2.37. The van der Waals surface area contributed by atoms with E-state index in [1.807, 2.05) is 45.0 Å². The Hall–Kier alpha value is -2.02. The van der Waals surface area contributed by atoms with Gasteiger partial charge < -0.3 is 10.6 Å². The van der Waals surface area contributed by atoms with Crippen LogP contribution in [0.25, 0.3) is 11.3 Å². The van der Waals surface area contributed by atoms with Crippen LogP contribution in [0, 0.1) is 0 Å². The molecule has 2 N–H and O–H groups in total. The SMILES string of the molecule is CC(C)(C)OC(=O)N1CCC[C@H]1c1ncc(-c2ccc(Br)cc2)n1N. The van der Waals surface area contributed by atoms with E-state index in [4.69, 9.17) is 10.6 Å². The Morgan fingerprint density at radius 2 is 2.00 bits per heavy atom. The maximum absolute atomic E-state index is 12.5. The van der Waals surface area contributed by atoms with Crippen LogP contribution in [0.4, 0.5) is 4.79 Å². The van der Waals surface area contributed by atoms with E-state index in [1.165, 1.54) is 0 Å². The molecular formula is C18H23BrN4O2. The van der Waals surface area contributed by atoms with Gasteiger partial charge in [-0.15, -0.1) is 0 Å². The number of rotatable bonds is 2. The van der Waals surface area contributed by atoms with E-state index in [9.17, 15) is 4.79 Å². The number of aromatic nitrogens is 2. The zero-order chi connectivity index (χ0) is 18.2. The van der Waals surface area contributed by atoms with Crippen molar-refractivity contribution in [2.24, 2.45) is 0 Å². The summed E-state index contributed by atoms with van der Waals surface area (Å²) in [4.78, 5) is 18.7. The number of carbonyl (C=O) groups is 1. The molecule has 0 bridgehead atoms. The highest BCUT2D eigenvalue weighted by molar-refractivity contribution is 9.10. The van der Waals surface area contributed by atoms with Crippen molar-refractivity contribution < 1.29 is 9.53 Å². The zero-order valence-corrected chi connectivity index (χ0v) is 16.3. The molecule has 1 atom stereocenters. The van der Waals surface area contributed by atoms with Crippen molar-refractivity contribution in [1.29, 1.82) is 0 Å². The highest BCUT2D eigenvalue weighted by atomic mass is 79.9. The molecule has 0 saturated carbocycles. The number of halogens is 1. The van der Waals surface area contributed by atoms with Gasteiger partial charge in [0.2, 0.25) is 0 Å². The summed E-state index contributed by atoms with van der Waals surface area (Å²) in [5.74, 6) is 6.99. The van der Waals surface area contributed by atoms with Crippen LogP contribution in [-0.2, 0) is 4.74 Å². The van der Waals surface area contributed by atoms with Gasteiger partial charge >= 0.3 is 6.09 Å². The van der Waals surface area contributed by atoms with Crippen LogP contribution in [0.15, 0.2) is 34.9 Å². The highest BCUT2D eigenvalue weighted by Gasteiger charge is 2.36. The number of amides is 1. The van der Waals surface area contributed by atoms with Crippen molar-refractivity contribution in [2.45, 2.75) is 45.3 Å². The number of nitrogen functional groups attached to an aromatic ring is 1. The van der Waals surface area contributed by atoms with E-state index in [0.717, 1.165) is 28.6 Å². The third kappa shape index (κ3) is 3.81. The number of nitrogens with two attached hydrogens (primary N) is 1. The van der Waals surface area contributed by atoms with Crippen molar-refractivity contribution >= 4 is 22.0 Å². The van der Waals surface area contributed by atoms with Crippen LogP contribution in [-0.4, -0.2) is 32.8 Å². The average Bonchev–Trinajstić information content (AvgIpc) is 3.13. The van der Waals surface area contributed by atoms with E-state index in [-0.39, 0.29) is 12.1 Å². The summed E-state index contributed by atoms with van der Waals surface area (Å²) in [5, 5.41) is 0. The maximum atomic E-state index is 12.5. The number of carbonyl (C=O) groups excluding carboxylic acids is 1. The monoisotopic (exact) mass is 406 g/mol. The van der Waals surface area contributed by atoms with Crippen molar-refractivity contribution in [3.8, 4) is 11.3 Å². The Balaban J connectivity index is 1.86. The van der Waals surface area contributed by atoms with Crippen LogP contribution in [0.1, 0.15) is 45.5 Å². The first-order chi connectivity index (χ1) is 11.8. The lowest BCUT2D eigenvalue weighted by molar-refractivity contribution is 0.0217. The quantitative estimate of drug-likeness (QED) is 0.761. The maximum Gasteiger partial charge on any atom is 0.410 e. The van der Waals surface area contributed by atoms with Gasteiger partial charge in [-0.05, 0) is 45.7 Å². The topological polar surface area (TPSA) is 73.4 Å². The molecule has 1 aromatic carbocycles. The molecule has 3 rings (SSSR count). The van der Waals surface area contributed by atoms with Gasteiger partial charge in [0.15, 0.2) is 0 Å². The number of hydrogen-bond donors (Lipinski definition) is 1. The Labute approximate surface area is 156 Å². The lowest BCUT2D eigenvalue weighted by atomic mass is 10.2. The van der Waals surface area contributed by atoms with Crippen LogP contribution in [0.3, 0.4) is 0 Å². The summed E-state index contributed by atoms with van der Waals surface area (Å²) >= 11 is 3.43. The van der Waals surface area contributed by atoms with Crippen LogP contribution in [0.5, 0.6) is 0 Å². The summed E-state index contributed by atoms with van der Waals surface area (Å²) in [5.41, 5.74) is 1.27. The van der Waals surface area contributed by atoms with Gasteiger partial charge in [-0.3, -0.25) is 4.90 Å². The number of hydrogen-bond acceptors (Lipinski definition) is 4. The highest BCUT2D eigenvalue weighted by Crippen LogP contribution is 2.33. The molecule has 1 aromatic heterocycles. The first-order valence-corrected chi connectivity index (χ1v) is 9.14. The van der Waals surface area contributed by atoms with E-state index < -0.39 is 5.60 Å². The molecule has 0 spiro atoms. The largest absolute Gasteiger partial charge is 0.444 e. The lowest BCUT2D eigenvalue weighted by Gasteiger charge is -2.28. The van der Waals surface area contributed by atoms with Gasteiger partial charge in [0.05, 0.1) is 17.9 Å². The summed E-state index contributed by atoms with van der Waals surface area (Å²) in [6.45, 7) is 6.25. The third-order valence-electron chi connectivity index (χ3n) is 4.14. The van der Waals surface area contributed by atoms with E-state index in [0.29, 0.717) is 12.4 Å². The molecule has 2 aromatic rings. The minimum atomic E-state index is -0.523. The van der Waals surface area contributed by atoms with Gasteiger partial charge in [0, 0.05) is 16.6 Å². The van der Waals surface area contributed by atoms with E-state index in [1.54, 1.807) is 15.8 Å². The summed E-state index contributed by atoms with van der Waals surface area (Å²) in [6, 6.07) is 7.72. The van der Waals surface area contributed by atoms with Gasteiger partial charge in [-0.1, -0.05) is 28.1 Å². The third-order valence-corrected chi connectivity index (χ3v) is 4.67. The Bertz CT molecular complexity index is 764. The van der Waals surface area contributed by atoms with Crippen molar-refractivity contribution in [1.82, 2.24) is 14.6 Å². The summed E-state index contributed by atoms with van der Waals surface area (Å²) in [6.07, 6.45) is 3.17. The molecule has 1 aliphatic rings. The Morgan fingerprint density at radius 1 is 1.32 bits per heavy atom. The number of benzene rings is 1. The molecule has 0 aliphatic carbocycles. The second-order valence-corrected chi connectivity index (χ2v) is 8.13. The molecule has 0 radical (unpaired) electrons. The Kier molecular flexibility index (Phi) is 4.77. The van der Waals surface area contributed by atoms with Gasteiger partial charge in [-0.2, -0.15) is 0 Å². The number of ether oxygens (including phenoxy) is 1. The van der Waals surface area contributed by atoms with Gasteiger partial charge in [-0.25, -0.2) is 14.5 Å². The smallest absolute Gasteiger partial charge is 0.410 e. The van der Waals surface area contributed by atoms with E-state index in [2.05, 4.69) is 20.9 Å². The molecule has 25 heavy (non-hydrogen) atoms. The first kappa shape index (κ1) is 17.8. The summed E-state index contributed by atoms with van der Waals surface area (Å²) < 4.78 is 8.11. The van der Waals surface area contributed by atoms with E-state index >= 15 is 0 Å². The molecule has 134 valence electrons. The predicted molar refractivity (Wildman–Crippen MR) is 100 cm³/mol. The normalized spacial score (nSPS) is 17.8. The minimum Gasteiger partial charge on any atom is -0.444 e. The fourth-order valence-corrected chi connectivity index (χ4v) is 3.29. The fourth-order valence-electron chi connectivity index (χ4n) is 3.03. The molecule has 1 aliphatic heterocycles. The summed E-state index contributed by atoms with van der Waals surface area (Å²) in [7, 11) is 0. The van der Waals surface area contributed by atoms with Crippen molar-refractivity contribution in [3.05, 3.63) is 40.8 Å². The van der Waals surface area contributed by atoms with Crippen LogP contribution >= 0.6 is 15.9 Å². The van der Waals surface area contributed by atoms with Crippen LogP contribution < -0.4 is 5.84 Å². The van der Waals surface area contributed by atoms with Crippen molar-refractivity contribution in [3.63, 3.8) is 0 Å².